The normalized spacial score (nSPS) is 39.5. The number of hydrogen-bond donors (Lipinski definition) is 2. The maximum absolute atomic E-state index is 9.46. The van der Waals surface area contributed by atoms with E-state index in [4.69, 9.17) is 0 Å². The van der Waals surface area contributed by atoms with Crippen molar-refractivity contribution in [3.05, 3.63) is 0 Å². The maximum Gasteiger partial charge on any atom is 0.0569 e. The van der Waals surface area contributed by atoms with Crippen molar-refractivity contribution >= 4 is 0 Å². The molecule has 11 heavy (non-hydrogen) atoms. The molecule has 1 rings (SSSR count). The van der Waals surface area contributed by atoms with Gasteiger partial charge in [-0.1, -0.05) is 13.8 Å². The molecule has 0 spiro atoms. The van der Waals surface area contributed by atoms with Crippen LogP contribution in [0.25, 0.3) is 0 Å². The highest BCUT2D eigenvalue weighted by molar-refractivity contribution is 4.84. The first kappa shape index (κ1) is 9.01. The fourth-order valence-electron chi connectivity index (χ4n) is 1.76. The molecule has 0 bridgehead atoms. The largest absolute Gasteiger partial charge is 0.393 e. The van der Waals surface area contributed by atoms with Gasteiger partial charge in [0.25, 0.3) is 0 Å². The third-order valence-corrected chi connectivity index (χ3v) is 2.45. The maximum atomic E-state index is 9.46. The van der Waals surface area contributed by atoms with Gasteiger partial charge >= 0.3 is 0 Å². The van der Waals surface area contributed by atoms with Crippen molar-refractivity contribution < 1.29 is 5.11 Å². The first-order chi connectivity index (χ1) is 5.09. The van der Waals surface area contributed by atoms with Gasteiger partial charge < -0.3 is 10.4 Å². The van der Waals surface area contributed by atoms with E-state index in [9.17, 15) is 5.11 Å². The predicted octanol–water partition coefficient (Wildman–Crippen LogP) is 1.14. The molecule has 1 heterocycles. The van der Waals surface area contributed by atoms with Crippen molar-refractivity contribution in [1.82, 2.24) is 5.32 Å². The van der Waals surface area contributed by atoms with Crippen molar-refractivity contribution in [2.24, 2.45) is 5.92 Å². The number of hydrogen-bond acceptors (Lipinski definition) is 2. The Morgan fingerprint density at radius 1 is 1.36 bits per heavy atom. The van der Waals surface area contributed by atoms with Crippen LogP contribution in [0.2, 0.25) is 0 Å². The van der Waals surface area contributed by atoms with Crippen LogP contribution in [0.5, 0.6) is 0 Å². The molecule has 0 aromatic carbocycles. The number of piperidine rings is 1. The lowest BCUT2D eigenvalue weighted by Gasteiger charge is -2.34. The van der Waals surface area contributed by atoms with Crippen LogP contribution in [0.1, 0.15) is 33.6 Å². The standard InChI is InChI=1S/C9H19NO/c1-6(2)9-5-8(11)4-7(3)10-9/h6-11H,4-5H2,1-3H3. The lowest BCUT2D eigenvalue weighted by Crippen LogP contribution is -2.48. The van der Waals surface area contributed by atoms with Gasteiger partial charge in [-0.15, -0.1) is 0 Å². The molecule has 2 N–H and O–H groups in total. The van der Waals surface area contributed by atoms with E-state index in [0.29, 0.717) is 18.0 Å². The topological polar surface area (TPSA) is 32.3 Å². The van der Waals surface area contributed by atoms with Crippen molar-refractivity contribution in [3.63, 3.8) is 0 Å². The number of nitrogens with one attached hydrogen (secondary N) is 1. The number of rotatable bonds is 1. The van der Waals surface area contributed by atoms with Crippen LogP contribution in [0.15, 0.2) is 0 Å². The summed E-state index contributed by atoms with van der Waals surface area (Å²) in [4.78, 5) is 0. The summed E-state index contributed by atoms with van der Waals surface area (Å²) in [5, 5.41) is 12.9. The summed E-state index contributed by atoms with van der Waals surface area (Å²) in [7, 11) is 0. The van der Waals surface area contributed by atoms with E-state index in [0.717, 1.165) is 12.8 Å². The van der Waals surface area contributed by atoms with Crippen molar-refractivity contribution in [1.29, 1.82) is 0 Å². The third-order valence-electron chi connectivity index (χ3n) is 2.45. The molecule has 1 aliphatic heterocycles. The molecule has 1 saturated heterocycles. The molecule has 66 valence electrons. The zero-order valence-corrected chi connectivity index (χ0v) is 7.67. The fraction of sp³-hybridized carbons (Fsp3) is 1.00. The average Bonchev–Trinajstić information content (AvgIpc) is 1.85. The van der Waals surface area contributed by atoms with Crippen LogP contribution in [-0.4, -0.2) is 23.3 Å². The van der Waals surface area contributed by atoms with Crippen LogP contribution >= 0.6 is 0 Å². The minimum Gasteiger partial charge on any atom is -0.393 e. The minimum absolute atomic E-state index is 0.0846. The van der Waals surface area contributed by atoms with Crippen LogP contribution in [0.3, 0.4) is 0 Å². The highest BCUT2D eigenvalue weighted by Gasteiger charge is 2.25. The summed E-state index contributed by atoms with van der Waals surface area (Å²) in [5.41, 5.74) is 0. The smallest absolute Gasteiger partial charge is 0.0569 e. The lowest BCUT2D eigenvalue weighted by atomic mass is 9.90. The summed E-state index contributed by atoms with van der Waals surface area (Å²) in [6, 6.07) is 0.986. The van der Waals surface area contributed by atoms with Crippen molar-refractivity contribution in [2.45, 2.75) is 51.8 Å². The summed E-state index contributed by atoms with van der Waals surface area (Å²) in [6.07, 6.45) is 1.74. The number of aliphatic hydroxyl groups is 1. The zero-order valence-electron chi connectivity index (χ0n) is 7.67. The zero-order chi connectivity index (χ0) is 8.43. The van der Waals surface area contributed by atoms with E-state index in [1.165, 1.54) is 0 Å². The molecule has 0 aromatic rings. The minimum atomic E-state index is -0.0846. The van der Waals surface area contributed by atoms with Crippen LogP contribution in [0, 0.1) is 5.92 Å². The third kappa shape index (κ3) is 2.46. The highest BCUT2D eigenvalue weighted by Crippen LogP contribution is 2.18. The van der Waals surface area contributed by atoms with E-state index in [1.54, 1.807) is 0 Å². The molecule has 1 fully saturated rings. The second-order valence-electron chi connectivity index (χ2n) is 4.04. The molecule has 3 unspecified atom stereocenters. The Hall–Kier alpha value is -0.0800. The van der Waals surface area contributed by atoms with Gasteiger partial charge in [0.1, 0.15) is 0 Å². The summed E-state index contributed by atoms with van der Waals surface area (Å²) < 4.78 is 0. The summed E-state index contributed by atoms with van der Waals surface area (Å²) >= 11 is 0. The Bertz CT molecular complexity index is 115. The van der Waals surface area contributed by atoms with Gasteiger partial charge in [0, 0.05) is 12.1 Å². The van der Waals surface area contributed by atoms with Gasteiger partial charge in [-0.25, -0.2) is 0 Å². The van der Waals surface area contributed by atoms with Gasteiger partial charge in [0.05, 0.1) is 6.10 Å². The van der Waals surface area contributed by atoms with Gasteiger partial charge in [-0.3, -0.25) is 0 Å². The molecule has 0 amide bonds. The molecular formula is C9H19NO. The summed E-state index contributed by atoms with van der Waals surface area (Å²) in [5.74, 6) is 0.632. The molecule has 1 aliphatic rings. The monoisotopic (exact) mass is 157 g/mol. The molecule has 2 nitrogen and oxygen atoms in total. The van der Waals surface area contributed by atoms with E-state index < -0.39 is 0 Å². The molecule has 0 radical (unpaired) electrons. The SMILES string of the molecule is CC1CC(O)CC(C(C)C)N1. The molecular weight excluding hydrogens is 138 g/mol. The Balaban J connectivity index is 2.43. The van der Waals surface area contributed by atoms with Gasteiger partial charge in [-0.2, -0.15) is 0 Å². The van der Waals surface area contributed by atoms with Crippen LogP contribution in [0.4, 0.5) is 0 Å². The van der Waals surface area contributed by atoms with Gasteiger partial charge in [0.2, 0.25) is 0 Å². The van der Waals surface area contributed by atoms with E-state index in [-0.39, 0.29) is 6.10 Å². The van der Waals surface area contributed by atoms with Crippen LogP contribution in [-0.2, 0) is 0 Å². The summed E-state index contributed by atoms with van der Waals surface area (Å²) in [6.45, 7) is 6.53. The lowest BCUT2D eigenvalue weighted by molar-refractivity contribution is 0.0856. The Morgan fingerprint density at radius 3 is 2.45 bits per heavy atom. The average molecular weight is 157 g/mol. The first-order valence-corrected chi connectivity index (χ1v) is 4.53. The second-order valence-corrected chi connectivity index (χ2v) is 4.04. The Kier molecular flexibility index (Phi) is 2.90. The predicted molar refractivity (Wildman–Crippen MR) is 46.5 cm³/mol. The van der Waals surface area contributed by atoms with Gasteiger partial charge in [-0.05, 0) is 25.7 Å². The molecule has 0 aliphatic carbocycles. The Labute approximate surface area is 69.0 Å². The quantitative estimate of drug-likeness (QED) is 0.598. The fourth-order valence-corrected chi connectivity index (χ4v) is 1.76. The molecule has 0 aromatic heterocycles. The molecule has 0 saturated carbocycles. The molecule has 2 heteroatoms. The van der Waals surface area contributed by atoms with Gasteiger partial charge in [0.15, 0.2) is 0 Å². The highest BCUT2D eigenvalue weighted by atomic mass is 16.3. The van der Waals surface area contributed by atoms with Crippen molar-refractivity contribution in [3.8, 4) is 0 Å². The van der Waals surface area contributed by atoms with E-state index in [1.807, 2.05) is 0 Å². The molecule has 3 atom stereocenters. The first-order valence-electron chi connectivity index (χ1n) is 4.53. The Morgan fingerprint density at radius 2 is 2.00 bits per heavy atom. The van der Waals surface area contributed by atoms with E-state index in [2.05, 4.69) is 26.1 Å². The number of aliphatic hydroxyl groups excluding tert-OH is 1. The second kappa shape index (κ2) is 3.55. The van der Waals surface area contributed by atoms with Crippen LogP contribution < -0.4 is 5.32 Å². The van der Waals surface area contributed by atoms with Crippen molar-refractivity contribution in [2.75, 3.05) is 0 Å². The van der Waals surface area contributed by atoms with E-state index >= 15 is 0 Å².